The van der Waals surface area contributed by atoms with Gasteiger partial charge in [-0.3, -0.25) is 4.79 Å². The molecule has 0 aliphatic rings. The molecular formula is C13H19NO5. The maximum Gasteiger partial charge on any atom is 0.325 e. The summed E-state index contributed by atoms with van der Waals surface area (Å²) < 4.78 is 15.0. The first-order valence-electron chi connectivity index (χ1n) is 5.87. The van der Waals surface area contributed by atoms with Gasteiger partial charge in [0, 0.05) is 0 Å². The van der Waals surface area contributed by atoms with Gasteiger partial charge >= 0.3 is 5.97 Å². The van der Waals surface area contributed by atoms with Crippen LogP contribution in [-0.2, 0) is 9.53 Å². The number of carbonyl (C=O) groups is 1. The third-order valence-corrected chi connectivity index (χ3v) is 2.65. The fraction of sp³-hybridized carbons (Fsp3) is 0.462. The van der Waals surface area contributed by atoms with Crippen LogP contribution >= 0.6 is 0 Å². The molecule has 0 amide bonds. The maximum atomic E-state index is 11.5. The lowest BCUT2D eigenvalue weighted by Crippen LogP contribution is -2.38. The van der Waals surface area contributed by atoms with Gasteiger partial charge in [-0.1, -0.05) is 6.07 Å². The van der Waals surface area contributed by atoms with Crippen molar-refractivity contribution < 1.29 is 24.1 Å². The first kappa shape index (κ1) is 15.3. The fourth-order valence-corrected chi connectivity index (χ4v) is 1.61. The molecule has 0 fully saturated rings. The lowest BCUT2D eigenvalue weighted by atomic mass is 10.0. The second-order valence-electron chi connectivity index (χ2n) is 3.84. The number of nitrogens with two attached hydrogens (primary N) is 1. The summed E-state index contributed by atoms with van der Waals surface area (Å²) in [7, 11) is 3.00. The highest BCUT2D eigenvalue weighted by atomic mass is 16.5. The molecular weight excluding hydrogens is 250 g/mol. The van der Waals surface area contributed by atoms with Gasteiger partial charge in [0.05, 0.1) is 20.8 Å². The molecule has 1 aromatic rings. The summed E-state index contributed by atoms with van der Waals surface area (Å²) in [6.07, 6.45) is -1.17. The Morgan fingerprint density at radius 2 is 1.95 bits per heavy atom. The smallest absolute Gasteiger partial charge is 0.325 e. The number of ether oxygens (including phenoxy) is 3. The van der Waals surface area contributed by atoms with Crippen molar-refractivity contribution in [3.63, 3.8) is 0 Å². The second kappa shape index (κ2) is 6.96. The molecule has 0 saturated carbocycles. The minimum atomic E-state index is -1.17. The average molecular weight is 269 g/mol. The average Bonchev–Trinajstić information content (AvgIpc) is 2.45. The number of carbonyl (C=O) groups excluding carboxylic acids is 1. The SMILES string of the molecule is CCOC(=O)C(N)C(O)c1ccc(OC)c(OC)c1. The molecule has 106 valence electrons. The van der Waals surface area contributed by atoms with Crippen LogP contribution in [0.3, 0.4) is 0 Å². The van der Waals surface area contributed by atoms with Gasteiger partial charge in [-0.15, -0.1) is 0 Å². The van der Waals surface area contributed by atoms with Crippen LogP contribution in [-0.4, -0.2) is 37.9 Å². The van der Waals surface area contributed by atoms with E-state index in [9.17, 15) is 9.90 Å². The van der Waals surface area contributed by atoms with E-state index in [0.29, 0.717) is 17.1 Å². The van der Waals surface area contributed by atoms with E-state index in [2.05, 4.69) is 0 Å². The van der Waals surface area contributed by atoms with Crippen molar-refractivity contribution >= 4 is 5.97 Å². The molecule has 6 heteroatoms. The lowest BCUT2D eigenvalue weighted by molar-refractivity contribution is -0.147. The molecule has 0 heterocycles. The minimum Gasteiger partial charge on any atom is -0.493 e. The van der Waals surface area contributed by atoms with Crippen LogP contribution in [0.25, 0.3) is 0 Å². The van der Waals surface area contributed by atoms with Crippen LogP contribution in [0.5, 0.6) is 11.5 Å². The Morgan fingerprint density at radius 1 is 1.32 bits per heavy atom. The number of rotatable bonds is 6. The van der Waals surface area contributed by atoms with Crippen LogP contribution in [0.4, 0.5) is 0 Å². The molecule has 1 rings (SSSR count). The Morgan fingerprint density at radius 3 is 2.47 bits per heavy atom. The molecule has 2 unspecified atom stereocenters. The molecule has 0 saturated heterocycles. The highest BCUT2D eigenvalue weighted by Crippen LogP contribution is 2.30. The van der Waals surface area contributed by atoms with E-state index < -0.39 is 18.1 Å². The standard InChI is InChI=1S/C13H19NO5/c1-4-19-13(16)11(14)12(15)8-5-6-9(17-2)10(7-8)18-3/h5-7,11-12,15H,4,14H2,1-3H3. The van der Waals surface area contributed by atoms with Crippen molar-refractivity contribution in [1.82, 2.24) is 0 Å². The van der Waals surface area contributed by atoms with E-state index in [1.165, 1.54) is 14.2 Å². The van der Waals surface area contributed by atoms with E-state index in [1.807, 2.05) is 0 Å². The molecule has 0 aliphatic heterocycles. The third-order valence-electron chi connectivity index (χ3n) is 2.65. The molecule has 2 atom stereocenters. The molecule has 0 bridgehead atoms. The summed E-state index contributed by atoms with van der Waals surface area (Å²) in [5.41, 5.74) is 6.10. The second-order valence-corrected chi connectivity index (χ2v) is 3.84. The van der Waals surface area contributed by atoms with Crippen molar-refractivity contribution in [3.05, 3.63) is 23.8 Å². The molecule has 0 aliphatic carbocycles. The molecule has 19 heavy (non-hydrogen) atoms. The largest absolute Gasteiger partial charge is 0.493 e. The van der Waals surface area contributed by atoms with E-state index in [0.717, 1.165) is 0 Å². The summed E-state index contributed by atoms with van der Waals surface area (Å²) in [6.45, 7) is 1.89. The van der Waals surface area contributed by atoms with Gasteiger partial charge in [-0.05, 0) is 24.6 Å². The summed E-state index contributed by atoms with van der Waals surface area (Å²) >= 11 is 0. The van der Waals surface area contributed by atoms with Crippen LogP contribution in [0.1, 0.15) is 18.6 Å². The third kappa shape index (κ3) is 3.59. The fourth-order valence-electron chi connectivity index (χ4n) is 1.61. The van der Waals surface area contributed by atoms with Crippen molar-refractivity contribution in [2.75, 3.05) is 20.8 Å². The Kier molecular flexibility index (Phi) is 5.59. The van der Waals surface area contributed by atoms with Gasteiger partial charge in [0.15, 0.2) is 11.5 Å². The molecule has 0 spiro atoms. The molecule has 0 radical (unpaired) electrons. The zero-order valence-corrected chi connectivity index (χ0v) is 11.3. The van der Waals surface area contributed by atoms with Crippen molar-refractivity contribution in [3.8, 4) is 11.5 Å². The molecule has 6 nitrogen and oxygen atoms in total. The van der Waals surface area contributed by atoms with Crippen molar-refractivity contribution in [2.45, 2.75) is 19.1 Å². The first-order valence-corrected chi connectivity index (χ1v) is 5.87. The predicted molar refractivity (Wildman–Crippen MR) is 69.1 cm³/mol. The summed E-state index contributed by atoms with van der Waals surface area (Å²) in [5, 5.41) is 10.0. The number of hydrogen-bond donors (Lipinski definition) is 2. The van der Waals surface area contributed by atoms with Crippen LogP contribution in [0.15, 0.2) is 18.2 Å². The minimum absolute atomic E-state index is 0.213. The van der Waals surface area contributed by atoms with Gasteiger partial charge in [-0.2, -0.15) is 0 Å². The zero-order chi connectivity index (χ0) is 14.4. The topological polar surface area (TPSA) is 91.0 Å². The summed E-state index contributed by atoms with van der Waals surface area (Å²) in [4.78, 5) is 11.5. The summed E-state index contributed by atoms with van der Waals surface area (Å²) in [6, 6.07) is 3.68. The predicted octanol–water partition coefficient (Wildman–Crippen LogP) is 0.628. The lowest BCUT2D eigenvalue weighted by Gasteiger charge is -2.18. The van der Waals surface area contributed by atoms with Crippen molar-refractivity contribution in [2.24, 2.45) is 5.73 Å². The van der Waals surface area contributed by atoms with Gasteiger partial charge in [-0.25, -0.2) is 0 Å². The molecule has 0 aromatic heterocycles. The van der Waals surface area contributed by atoms with Crippen LogP contribution in [0.2, 0.25) is 0 Å². The molecule has 3 N–H and O–H groups in total. The Labute approximate surface area is 112 Å². The number of benzene rings is 1. The van der Waals surface area contributed by atoms with E-state index in [-0.39, 0.29) is 6.61 Å². The van der Waals surface area contributed by atoms with Gasteiger partial charge < -0.3 is 25.1 Å². The first-order chi connectivity index (χ1) is 9.04. The quantitative estimate of drug-likeness (QED) is 0.736. The highest BCUT2D eigenvalue weighted by Gasteiger charge is 2.26. The number of methoxy groups -OCH3 is 2. The Hall–Kier alpha value is -1.79. The van der Waals surface area contributed by atoms with Crippen LogP contribution < -0.4 is 15.2 Å². The maximum absolute atomic E-state index is 11.5. The van der Waals surface area contributed by atoms with E-state index in [1.54, 1.807) is 25.1 Å². The van der Waals surface area contributed by atoms with Gasteiger partial charge in [0.1, 0.15) is 12.1 Å². The van der Waals surface area contributed by atoms with Crippen molar-refractivity contribution in [1.29, 1.82) is 0 Å². The monoisotopic (exact) mass is 269 g/mol. The van der Waals surface area contributed by atoms with Gasteiger partial charge in [0.25, 0.3) is 0 Å². The number of hydrogen-bond acceptors (Lipinski definition) is 6. The molecule has 1 aromatic carbocycles. The van der Waals surface area contributed by atoms with Crippen LogP contribution in [0, 0.1) is 0 Å². The van der Waals surface area contributed by atoms with E-state index in [4.69, 9.17) is 19.9 Å². The van der Waals surface area contributed by atoms with E-state index >= 15 is 0 Å². The number of aliphatic hydroxyl groups excluding tert-OH is 1. The number of aliphatic hydroxyl groups is 1. The Balaban J connectivity index is 2.93. The number of esters is 1. The Bertz CT molecular complexity index is 435. The van der Waals surface area contributed by atoms with Gasteiger partial charge in [0.2, 0.25) is 0 Å². The summed E-state index contributed by atoms with van der Waals surface area (Å²) in [5.74, 6) is 0.336. The zero-order valence-electron chi connectivity index (χ0n) is 11.3. The normalized spacial score (nSPS) is 13.5. The highest BCUT2D eigenvalue weighted by molar-refractivity contribution is 5.76.